The van der Waals surface area contributed by atoms with E-state index >= 15 is 0 Å². The molecule has 1 aliphatic rings. The molecule has 0 radical (unpaired) electrons. The molecule has 64 valence electrons. The molecular weight excluding hydrogens is 152 g/mol. The van der Waals surface area contributed by atoms with Gasteiger partial charge in [-0.25, -0.2) is 4.79 Å². The van der Waals surface area contributed by atoms with Crippen molar-refractivity contribution in [2.75, 3.05) is 13.7 Å². The Morgan fingerprint density at radius 3 is 2.64 bits per heavy atom. The van der Waals surface area contributed by atoms with E-state index in [2.05, 4.69) is 4.74 Å². The van der Waals surface area contributed by atoms with Crippen molar-refractivity contribution in [1.82, 2.24) is 0 Å². The highest BCUT2D eigenvalue weighted by molar-refractivity contribution is 5.75. The number of methoxy groups -OCH3 is 1. The minimum Gasteiger partial charge on any atom is -0.467 e. The van der Waals surface area contributed by atoms with E-state index in [9.17, 15) is 4.79 Å². The highest BCUT2D eigenvalue weighted by atomic mass is 16.6. The highest BCUT2D eigenvalue weighted by Crippen LogP contribution is 2.14. The van der Waals surface area contributed by atoms with Gasteiger partial charge in [-0.05, 0) is 0 Å². The minimum absolute atomic E-state index is 0.0269. The van der Waals surface area contributed by atoms with Crippen LogP contribution in [0.3, 0.4) is 0 Å². The second kappa shape index (κ2) is 3.17. The number of carbonyl (C=O) groups is 1. The quantitative estimate of drug-likeness (QED) is 0.448. The maximum Gasteiger partial charge on any atom is 0.337 e. The minimum atomic E-state index is -1.16. The van der Waals surface area contributed by atoms with Crippen LogP contribution in [0.25, 0.3) is 0 Å². The fraction of sp³-hybridized carbons (Fsp3) is 0.833. The van der Waals surface area contributed by atoms with E-state index in [1.54, 1.807) is 0 Å². The van der Waals surface area contributed by atoms with Gasteiger partial charge in [-0.15, -0.1) is 0 Å². The number of rotatable bonds is 1. The third kappa shape index (κ3) is 1.50. The third-order valence-electron chi connectivity index (χ3n) is 1.58. The molecule has 2 N–H and O–H groups in total. The molecule has 0 saturated carbocycles. The Kier molecular flexibility index (Phi) is 2.43. The second-order valence-corrected chi connectivity index (χ2v) is 2.34. The van der Waals surface area contributed by atoms with E-state index < -0.39 is 24.3 Å². The first-order valence-electron chi connectivity index (χ1n) is 3.22. The van der Waals surface area contributed by atoms with E-state index in [1.807, 2.05) is 0 Å². The van der Waals surface area contributed by atoms with Gasteiger partial charge in [-0.1, -0.05) is 0 Å². The molecule has 11 heavy (non-hydrogen) atoms. The number of ether oxygens (including phenoxy) is 2. The maximum atomic E-state index is 10.8. The first kappa shape index (κ1) is 8.45. The van der Waals surface area contributed by atoms with Crippen molar-refractivity contribution in [1.29, 1.82) is 0 Å². The van der Waals surface area contributed by atoms with Crippen molar-refractivity contribution in [3.05, 3.63) is 0 Å². The van der Waals surface area contributed by atoms with E-state index in [4.69, 9.17) is 14.9 Å². The number of esters is 1. The molecule has 5 nitrogen and oxygen atoms in total. The average Bonchev–Trinajstić information content (AvgIpc) is 2.32. The normalized spacial score (nSPS) is 37.2. The van der Waals surface area contributed by atoms with Crippen molar-refractivity contribution in [2.24, 2.45) is 0 Å². The molecule has 0 aliphatic carbocycles. The molecule has 3 unspecified atom stereocenters. The molecule has 5 heteroatoms. The molecule has 0 bridgehead atoms. The van der Waals surface area contributed by atoms with Crippen molar-refractivity contribution >= 4 is 5.97 Å². The summed E-state index contributed by atoms with van der Waals surface area (Å²) in [7, 11) is 1.20. The summed E-state index contributed by atoms with van der Waals surface area (Å²) in [5, 5.41) is 18.0. The molecule has 0 spiro atoms. The Morgan fingerprint density at radius 2 is 2.27 bits per heavy atom. The summed E-state index contributed by atoms with van der Waals surface area (Å²) >= 11 is 0. The third-order valence-corrected chi connectivity index (χ3v) is 1.58. The monoisotopic (exact) mass is 162 g/mol. The fourth-order valence-corrected chi connectivity index (χ4v) is 0.925. The molecule has 0 aromatic heterocycles. The molecular formula is C6H10O5. The summed E-state index contributed by atoms with van der Waals surface area (Å²) in [5.41, 5.74) is 0. The second-order valence-electron chi connectivity index (χ2n) is 2.34. The average molecular weight is 162 g/mol. The van der Waals surface area contributed by atoms with Crippen LogP contribution >= 0.6 is 0 Å². The van der Waals surface area contributed by atoms with Crippen LogP contribution in [0.4, 0.5) is 0 Å². The van der Waals surface area contributed by atoms with Gasteiger partial charge >= 0.3 is 5.97 Å². The van der Waals surface area contributed by atoms with Gasteiger partial charge in [0.05, 0.1) is 13.7 Å². The van der Waals surface area contributed by atoms with E-state index in [-0.39, 0.29) is 6.61 Å². The van der Waals surface area contributed by atoms with Crippen molar-refractivity contribution < 1.29 is 24.5 Å². The Bertz CT molecular complexity index is 157. The fourth-order valence-electron chi connectivity index (χ4n) is 0.925. The molecule has 1 aliphatic heterocycles. The molecule has 0 aromatic rings. The summed E-state index contributed by atoms with van der Waals surface area (Å²) in [6.45, 7) is -0.0269. The lowest BCUT2D eigenvalue weighted by atomic mass is 10.1. The number of hydrogen-bond acceptors (Lipinski definition) is 5. The molecule has 1 heterocycles. The number of aliphatic hydroxyl groups excluding tert-OH is 2. The summed E-state index contributed by atoms with van der Waals surface area (Å²) < 4.78 is 9.07. The number of hydrogen-bond donors (Lipinski definition) is 2. The zero-order valence-electron chi connectivity index (χ0n) is 6.06. The first-order valence-corrected chi connectivity index (χ1v) is 3.22. The standard InChI is InChI=1S/C6H10O5/c1-10-6(9)5-4(8)3(7)2-11-5/h3-5,7-8H,2H2,1H3. The van der Waals surface area contributed by atoms with Gasteiger partial charge in [0.1, 0.15) is 12.2 Å². The molecule has 3 atom stereocenters. The maximum absolute atomic E-state index is 10.8. The number of carbonyl (C=O) groups excluding carboxylic acids is 1. The zero-order chi connectivity index (χ0) is 8.43. The Hall–Kier alpha value is -0.650. The number of aliphatic hydroxyl groups is 2. The summed E-state index contributed by atoms with van der Waals surface area (Å²) in [6.07, 6.45) is -3.18. The van der Waals surface area contributed by atoms with Crippen LogP contribution in [0, 0.1) is 0 Å². The Morgan fingerprint density at radius 1 is 1.64 bits per heavy atom. The predicted octanol–water partition coefficient (Wildman–Crippen LogP) is -1.72. The van der Waals surface area contributed by atoms with Crippen LogP contribution in [0.2, 0.25) is 0 Å². The van der Waals surface area contributed by atoms with Crippen molar-refractivity contribution in [2.45, 2.75) is 18.3 Å². The first-order chi connectivity index (χ1) is 5.16. The molecule has 1 fully saturated rings. The highest BCUT2D eigenvalue weighted by Gasteiger charge is 2.40. The Labute approximate surface area is 63.5 Å². The molecule has 1 rings (SSSR count). The summed E-state index contributed by atoms with van der Waals surface area (Å²) in [4.78, 5) is 10.8. The van der Waals surface area contributed by atoms with Crippen LogP contribution in [-0.2, 0) is 14.3 Å². The predicted molar refractivity (Wildman–Crippen MR) is 33.8 cm³/mol. The van der Waals surface area contributed by atoms with Crippen LogP contribution < -0.4 is 0 Å². The molecule has 1 saturated heterocycles. The molecule has 0 aromatic carbocycles. The van der Waals surface area contributed by atoms with E-state index in [0.717, 1.165) is 0 Å². The lowest BCUT2D eigenvalue weighted by Gasteiger charge is -2.11. The van der Waals surface area contributed by atoms with Gasteiger partial charge in [-0.3, -0.25) is 0 Å². The van der Waals surface area contributed by atoms with Gasteiger partial charge in [0.2, 0.25) is 0 Å². The molecule has 0 amide bonds. The topological polar surface area (TPSA) is 76.0 Å². The van der Waals surface area contributed by atoms with Gasteiger partial charge in [0, 0.05) is 0 Å². The lowest BCUT2D eigenvalue weighted by Crippen LogP contribution is -2.36. The van der Waals surface area contributed by atoms with Crippen LogP contribution in [0.1, 0.15) is 0 Å². The van der Waals surface area contributed by atoms with Crippen molar-refractivity contribution in [3.8, 4) is 0 Å². The van der Waals surface area contributed by atoms with Gasteiger partial charge < -0.3 is 19.7 Å². The van der Waals surface area contributed by atoms with E-state index in [1.165, 1.54) is 7.11 Å². The van der Waals surface area contributed by atoms with Crippen LogP contribution in [0.5, 0.6) is 0 Å². The summed E-state index contributed by atoms with van der Waals surface area (Å²) in [6, 6.07) is 0. The zero-order valence-corrected chi connectivity index (χ0v) is 6.06. The van der Waals surface area contributed by atoms with E-state index in [0.29, 0.717) is 0 Å². The van der Waals surface area contributed by atoms with Gasteiger partial charge in [0.15, 0.2) is 6.10 Å². The Balaban J connectivity index is 2.54. The summed E-state index contributed by atoms with van der Waals surface area (Å²) in [5.74, 6) is -0.658. The lowest BCUT2D eigenvalue weighted by molar-refractivity contribution is -0.155. The SMILES string of the molecule is COC(=O)C1OCC(O)C1O. The smallest absolute Gasteiger partial charge is 0.337 e. The largest absolute Gasteiger partial charge is 0.467 e. The van der Waals surface area contributed by atoms with Gasteiger partial charge in [-0.2, -0.15) is 0 Å². The van der Waals surface area contributed by atoms with Crippen LogP contribution in [-0.4, -0.2) is 48.2 Å². The van der Waals surface area contributed by atoms with Gasteiger partial charge in [0.25, 0.3) is 0 Å². The van der Waals surface area contributed by atoms with Crippen LogP contribution in [0.15, 0.2) is 0 Å². The van der Waals surface area contributed by atoms with Crippen molar-refractivity contribution in [3.63, 3.8) is 0 Å².